The van der Waals surface area contributed by atoms with Gasteiger partial charge in [0.2, 0.25) is 0 Å². The van der Waals surface area contributed by atoms with E-state index in [1.54, 1.807) is 11.8 Å². The van der Waals surface area contributed by atoms with Crippen molar-refractivity contribution in [3.63, 3.8) is 0 Å². The smallest absolute Gasteiger partial charge is 0.256 e. The van der Waals surface area contributed by atoms with Gasteiger partial charge in [-0.15, -0.1) is 0 Å². The standard InChI is InChI=1S/C16H16N2OS/c17-13-8-9-14-15(11-13)19-16(18-14)20-10-4-7-12-5-2-1-3-6-12/h1-3,5-6,8-9,11H,4,7,10,17H2. The Morgan fingerprint density at radius 2 is 1.95 bits per heavy atom. The molecule has 0 amide bonds. The molecule has 0 radical (unpaired) electrons. The summed E-state index contributed by atoms with van der Waals surface area (Å²) in [6, 6.07) is 16.1. The first-order valence-corrected chi connectivity index (χ1v) is 7.62. The van der Waals surface area contributed by atoms with E-state index in [2.05, 4.69) is 29.2 Å². The normalized spacial score (nSPS) is 11.0. The third-order valence-electron chi connectivity index (χ3n) is 3.07. The van der Waals surface area contributed by atoms with Crippen LogP contribution in [0.25, 0.3) is 11.1 Å². The number of fused-ring (bicyclic) bond motifs is 1. The maximum Gasteiger partial charge on any atom is 0.256 e. The Morgan fingerprint density at radius 1 is 1.10 bits per heavy atom. The average molecular weight is 284 g/mol. The van der Waals surface area contributed by atoms with Crippen molar-refractivity contribution in [1.82, 2.24) is 4.98 Å². The van der Waals surface area contributed by atoms with E-state index < -0.39 is 0 Å². The van der Waals surface area contributed by atoms with Crippen molar-refractivity contribution in [3.8, 4) is 0 Å². The Balaban J connectivity index is 1.55. The number of rotatable bonds is 5. The van der Waals surface area contributed by atoms with E-state index in [0.717, 1.165) is 34.9 Å². The van der Waals surface area contributed by atoms with Crippen LogP contribution < -0.4 is 5.73 Å². The van der Waals surface area contributed by atoms with Gasteiger partial charge < -0.3 is 10.2 Å². The maximum absolute atomic E-state index is 5.72. The maximum atomic E-state index is 5.72. The highest BCUT2D eigenvalue weighted by molar-refractivity contribution is 7.99. The number of aryl methyl sites for hydroxylation is 1. The first kappa shape index (κ1) is 13.1. The molecule has 0 fully saturated rings. The summed E-state index contributed by atoms with van der Waals surface area (Å²) in [5, 5.41) is 0.721. The first-order chi connectivity index (χ1) is 9.81. The molecular weight excluding hydrogens is 268 g/mol. The highest BCUT2D eigenvalue weighted by Gasteiger charge is 2.06. The number of nitrogens with two attached hydrogens (primary N) is 1. The molecule has 2 aromatic carbocycles. The van der Waals surface area contributed by atoms with E-state index in [0.29, 0.717) is 5.69 Å². The Bertz CT molecular complexity index is 694. The number of aromatic nitrogens is 1. The largest absolute Gasteiger partial charge is 0.431 e. The molecule has 102 valence electrons. The van der Waals surface area contributed by atoms with Crippen molar-refractivity contribution in [3.05, 3.63) is 54.1 Å². The van der Waals surface area contributed by atoms with Crippen LogP contribution in [0.4, 0.5) is 5.69 Å². The van der Waals surface area contributed by atoms with Crippen LogP contribution in [0.3, 0.4) is 0 Å². The van der Waals surface area contributed by atoms with Crippen LogP contribution in [0, 0.1) is 0 Å². The zero-order valence-electron chi connectivity index (χ0n) is 11.1. The van der Waals surface area contributed by atoms with Gasteiger partial charge in [-0.3, -0.25) is 0 Å². The zero-order valence-corrected chi connectivity index (χ0v) is 11.9. The van der Waals surface area contributed by atoms with E-state index >= 15 is 0 Å². The molecule has 0 unspecified atom stereocenters. The van der Waals surface area contributed by atoms with Gasteiger partial charge in [-0.25, -0.2) is 4.98 Å². The number of anilines is 1. The molecule has 3 nitrogen and oxygen atoms in total. The van der Waals surface area contributed by atoms with Crippen molar-refractivity contribution in [2.75, 3.05) is 11.5 Å². The molecule has 3 rings (SSSR count). The zero-order chi connectivity index (χ0) is 13.8. The SMILES string of the molecule is Nc1ccc2nc(SCCCc3ccccc3)oc2c1. The van der Waals surface area contributed by atoms with Gasteiger partial charge in [0.1, 0.15) is 5.52 Å². The molecule has 2 N–H and O–H groups in total. The minimum absolute atomic E-state index is 0.703. The van der Waals surface area contributed by atoms with E-state index in [9.17, 15) is 0 Å². The van der Waals surface area contributed by atoms with Crippen molar-refractivity contribution in [1.29, 1.82) is 0 Å². The minimum Gasteiger partial charge on any atom is -0.431 e. The molecule has 1 aromatic heterocycles. The summed E-state index contributed by atoms with van der Waals surface area (Å²) in [6.07, 6.45) is 2.19. The lowest BCUT2D eigenvalue weighted by molar-refractivity contribution is 0.489. The molecule has 0 spiro atoms. The molecule has 20 heavy (non-hydrogen) atoms. The lowest BCUT2D eigenvalue weighted by Gasteiger charge is -1.99. The van der Waals surface area contributed by atoms with Gasteiger partial charge in [-0.05, 0) is 30.5 Å². The molecule has 0 aliphatic rings. The summed E-state index contributed by atoms with van der Waals surface area (Å²) in [6.45, 7) is 0. The number of benzene rings is 2. The second-order valence-electron chi connectivity index (χ2n) is 4.64. The molecule has 0 atom stereocenters. The van der Waals surface area contributed by atoms with Gasteiger partial charge in [-0.2, -0.15) is 0 Å². The Morgan fingerprint density at radius 3 is 2.80 bits per heavy atom. The van der Waals surface area contributed by atoms with Crippen molar-refractivity contribution in [2.45, 2.75) is 18.1 Å². The predicted molar refractivity (Wildman–Crippen MR) is 83.9 cm³/mol. The lowest BCUT2D eigenvalue weighted by Crippen LogP contribution is -1.87. The molecule has 4 heteroatoms. The van der Waals surface area contributed by atoms with Gasteiger partial charge >= 0.3 is 0 Å². The van der Waals surface area contributed by atoms with Crippen LogP contribution in [-0.2, 0) is 6.42 Å². The molecule has 0 saturated carbocycles. The average Bonchev–Trinajstić information content (AvgIpc) is 2.86. The van der Waals surface area contributed by atoms with Crippen molar-refractivity contribution >= 4 is 28.5 Å². The number of hydrogen-bond donors (Lipinski definition) is 1. The van der Waals surface area contributed by atoms with Gasteiger partial charge in [0.05, 0.1) is 0 Å². The molecule has 1 heterocycles. The van der Waals surface area contributed by atoms with E-state index in [4.69, 9.17) is 10.2 Å². The predicted octanol–water partition coefficient (Wildman–Crippen LogP) is 4.13. The topological polar surface area (TPSA) is 52.0 Å². The van der Waals surface area contributed by atoms with Gasteiger partial charge in [0.15, 0.2) is 5.58 Å². The lowest BCUT2D eigenvalue weighted by atomic mass is 10.1. The number of nitrogen functional groups attached to an aromatic ring is 1. The molecule has 0 aliphatic heterocycles. The fourth-order valence-electron chi connectivity index (χ4n) is 2.06. The summed E-state index contributed by atoms with van der Waals surface area (Å²) in [5.74, 6) is 0.997. The minimum atomic E-state index is 0.703. The van der Waals surface area contributed by atoms with Gasteiger partial charge in [-0.1, -0.05) is 42.1 Å². The van der Waals surface area contributed by atoms with Crippen LogP contribution in [-0.4, -0.2) is 10.7 Å². The van der Waals surface area contributed by atoms with Crippen LogP contribution in [0.1, 0.15) is 12.0 Å². The van der Waals surface area contributed by atoms with Crippen LogP contribution in [0.2, 0.25) is 0 Å². The molecule has 0 saturated heterocycles. The summed E-state index contributed by atoms with van der Waals surface area (Å²) in [5.41, 5.74) is 9.43. The first-order valence-electron chi connectivity index (χ1n) is 6.64. The van der Waals surface area contributed by atoms with E-state index in [-0.39, 0.29) is 0 Å². The molecular formula is C16H16N2OS. The number of nitrogens with zero attached hydrogens (tertiary/aromatic N) is 1. The molecule has 0 aliphatic carbocycles. The van der Waals surface area contributed by atoms with Crippen LogP contribution in [0.5, 0.6) is 0 Å². The summed E-state index contributed by atoms with van der Waals surface area (Å²) in [7, 11) is 0. The van der Waals surface area contributed by atoms with E-state index in [1.807, 2.05) is 24.3 Å². The third kappa shape index (κ3) is 3.14. The van der Waals surface area contributed by atoms with Crippen molar-refractivity contribution < 1.29 is 4.42 Å². The van der Waals surface area contributed by atoms with Gasteiger partial charge in [0.25, 0.3) is 5.22 Å². The summed E-state index contributed by atoms with van der Waals surface area (Å²) in [4.78, 5) is 4.44. The fourth-order valence-corrected chi connectivity index (χ4v) is 2.84. The number of thioether (sulfide) groups is 1. The quantitative estimate of drug-likeness (QED) is 0.435. The van der Waals surface area contributed by atoms with Gasteiger partial charge in [0, 0.05) is 17.5 Å². The second-order valence-corrected chi connectivity index (χ2v) is 5.69. The molecule has 3 aromatic rings. The highest BCUT2D eigenvalue weighted by Crippen LogP contribution is 2.25. The fraction of sp³-hybridized carbons (Fsp3) is 0.188. The summed E-state index contributed by atoms with van der Waals surface area (Å²) >= 11 is 1.65. The Kier molecular flexibility index (Phi) is 3.92. The second kappa shape index (κ2) is 6.01. The molecule has 0 bridgehead atoms. The third-order valence-corrected chi connectivity index (χ3v) is 3.99. The van der Waals surface area contributed by atoms with Crippen molar-refractivity contribution in [2.24, 2.45) is 0 Å². The highest BCUT2D eigenvalue weighted by atomic mass is 32.2. The summed E-state index contributed by atoms with van der Waals surface area (Å²) < 4.78 is 5.67. The van der Waals surface area contributed by atoms with E-state index in [1.165, 1.54) is 5.56 Å². The number of oxazole rings is 1. The van der Waals surface area contributed by atoms with Crippen LogP contribution in [0.15, 0.2) is 58.2 Å². The Hall–Kier alpha value is -1.94. The Labute approximate surface area is 122 Å². The monoisotopic (exact) mass is 284 g/mol. The van der Waals surface area contributed by atoms with Crippen LogP contribution >= 0.6 is 11.8 Å². The number of hydrogen-bond acceptors (Lipinski definition) is 4.